The minimum absolute atomic E-state index is 0.291. The molecule has 4 heteroatoms. The highest BCUT2D eigenvalue weighted by Crippen LogP contribution is 2.15. The average molecular weight is 353 g/mol. The lowest BCUT2D eigenvalue weighted by molar-refractivity contribution is 0.0632. The van der Waals surface area contributed by atoms with Gasteiger partial charge in [-0.05, 0) is 29.1 Å². The zero-order valence-corrected chi connectivity index (χ0v) is 14.9. The zero-order valence-electron chi connectivity index (χ0n) is 14.1. The number of rotatable bonds is 9. The summed E-state index contributed by atoms with van der Waals surface area (Å²) >= 11 is 1.74. The van der Waals surface area contributed by atoms with Crippen LogP contribution in [0.5, 0.6) is 5.75 Å². The molecule has 3 rings (SSSR count). The molecule has 25 heavy (non-hydrogen) atoms. The standard InChI is InChI=1S/C21H23NO2S/c23-19(17-24-20-10-5-2-6-11-20)15-22(16-21-12-7-13-25-21)14-18-8-3-1-4-9-18/h1-13,19,23H,14-17H2/t19-/m1/s1. The third-order valence-corrected chi connectivity index (χ3v) is 4.72. The van der Waals surface area contributed by atoms with Gasteiger partial charge in [0, 0.05) is 24.5 Å². The number of para-hydroxylation sites is 1. The molecule has 0 fully saturated rings. The molecule has 1 atom stereocenters. The molecule has 0 saturated carbocycles. The Bertz CT molecular complexity index is 716. The molecule has 1 aromatic heterocycles. The number of hydrogen-bond acceptors (Lipinski definition) is 4. The topological polar surface area (TPSA) is 32.7 Å². The summed E-state index contributed by atoms with van der Waals surface area (Å²) in [6, 6.07) is 24.2. The molecule has 0 aliphatic heterocycles. The molecular formula is C21H23NO2S. The van der Waals surface area contributed by atoms with Gasteiger partial charge in [0.2, 0.25) is 0 Å². The van der Waals surface area contributed by atoms with E-state index in [2.05, 4.69) is 34.5 Å². The SMILES string of the molecule is O[C@@H](COc1ccccc1)CN(Cc1ccccc1)Cc1cccs1. The molecule has 0 saturated heterocycles. The van der Waals surface area contributed by atoms with Gasteiger partial charge in [0.05, 0.1) is 0 Å². The molecule has 0 spiro atoms. The lowest BCUT2D eigenvalue weighted by Crippen LogP contribution is -2.34. The van der Waals surface area contributed by atoms with Gasteiger partial charge in [-0.25, -0.2) is 0 Å². The highest BCUT2D eigenvalue weighted by molar-refractivity contribution is 7.09. The molecular weight excluding hydrogens is 330 g/mol. The minimum Gasteiger partial charge on any atom is -0.491 e. The quantitative estimate of drug-likeness (QED) is 0.626. The fraction of sp³-hybridized carbons (Fsp3) is 0.238. The summed E-state index contributed by atoms with van der Waals surface area (Å²) in [5.74, 6) is 0.786. The van der Waals surface area contributed by atoms with Crippen LogP contribution in [0.3, 0.4) is 0 Å². The third kappa shape index (κ3) is 6.02. The number of aliphatic hydroxyl groups is 1. The van der Waals surface area contributed by atoms with Crippen LogP contribution in [0, 0.1) is 0 Å². The Hall–Kier alpha value is -2.14. The minimum atomic E-state index is -0.538. The first-order chi connectivity index (χ1) is 12.3. The predicted molar refractivity (Wildman–Crippen MR) is 103 cm³/mol. The summed E-state index contributed by atoms with van der Waals surface area (Å²) in [5.41, 5.74) is 1.25. The monoisotopic (exact) mass is 353 g/mol. The second-order valence-electron chi connectivity index (χ2n) is 6.01. The van der Waals surface area contributed by atoms with Crippen molar-refractivity contribution in [3.05, 3.63) is 88.6 Å². The second-order valence-corrected chi connectivity index (χ2v) is 7.04. The maximum atomic E-state index is 10.4. The molecule has 0 amide bonds. The van der Waals surface area contributed by atoms with Gasteiger partial charge in [-0.2, -0.15) is 0 Å². The molecule has 0 unspecified atom stereocenters. The van der Waals surface area contributed by atoms with E-state index < -0.39 is 6.10 Å². The lowest BCUT2D eigenvalue weighted by atomic mass is 10.2. The van der Waals surface area contributed by atoms with Crippen LogP contribution in [0.1, 0.15) is 10.4 Å². The molecule has 0 radical (unpaired) electrons. The summed E-state index contributed by atoms with van der Waals surface area (Å²) in [4.78, 5) is 3.56. The normalized spacial score (nSPS) is 12.2. The van der Waals surface area contributed by atoms with Crippen molar-refractivity contribution in [2.75, 3.05) is 13.2 Å². The van der Waals surface area contributed by atoms with Crippen molar-refractivity contribution < 1.29 is 9.84 Å². The van der Waals surface area contributed by atoms with E-state index in [0.717, 1.165) is 18.8 Å². The second kappa shape index (κ2) is 9.37. The van der Waals surface area contributed by atoms with Crippen molar-refractivity contribution in [2.24, 2.45) is 0 Å². The maximum absolute atomic E-state index is 10.4. The van der Waals surface area contributed by atoms with Crippen molar-refractivity contribution in [2.45, 2.75) is 19.2 Å². The van der Waals surface area contributed by atoms with E-state index >= 15 is 0 Å². The Morgan fingerprint density at radius 2 is 1.60 bits per heavy atom. The average Bonchev–Trinajstić information content (AvgIpc) is 3.15. The molecule has 0 aliphatic rings. The van der Waals surface area contributed by atoms with Crippen LogP contribution in [0.4, 0.5) is 0 Å². The fourth-order valence-electron chi connectivity index (χ4n) is 2.71. The number of hydrogen-bond donors (Lipinski definition) is 1. The molecule has 1 N–H and O–H groups in total. The summed E-state index contributed by atoms with van der Waals surface area (Å²) in [6.07, 6.45) is -0.538. The van der Waals surface area contributed by atoms with Gasteiger partial charge in [0.15, 0.2) is 0 Å². The van der Waals surface area contributed by atoms with Gasteiger partial charge in [-0.15, -0.1) is 11.3 Å². The van der Waals surface area contributed by atoms with Crippen LogP contribution in [0.2, 0.25) is 0 Å². The molecule has 2 aromatic carbocycles. The Balaban J connectivity index is 1.58. The summed E-state index contributed by atoms with van der Waals surface area (Å²) in [7, 11) is 0. The first-order valence-corrected chi connectivity index (χ1v) is 9.32. The van der Waals surface area contributed by atoms with E-state index in [9.17, 15) is 5.11 Å². The maximum Gasteiger partial charge on any atom is 0.119 e. The van der Waals surface area contributed by atoms with Gasteiger partial charge in [-0.3, -0.25) is 4.90 Å². The van der Waals surface area contributed by atoms with Crippen LogP contribution in [-0.2, 0) is 13.1 Å². The Morgan fingerprint density at radius 3 is 2.28 bits per heavy atom. The summed E-state index contributed by atoms with van der Waals surface area (Å²) in [5, 5.41) is 12.5. The van der Waals surface area contributed by atoms with E-state index in [1.54, 1.807) is 11.3 Å². The summed E-state index contributed by atoms with van der Waals surface area (Å²) < 4.78 is 5.68. The zero-order chi connectivity index (χ0) is 17.3. The van der Waals surface area contributed by atoms with Gasteiger partial charge < -0.3 is 9.84 Å². The Kier molecular flexibility index (Phi) is 6.63. The van der Waals surface area contributed by atoms with E-state index in [0.29, 0.717) is 13.2 Å². The smallest absolute Gasteiger partial charge is 0.119 e. The predicted octanol–water partition coefficient (Wildman–Crippen LogP) is 4.19. The first kappa shape index (κ1) is 17.7. The Morgan fingerprint density at radius 1 is 0.880 bits per heavy atom. The van der Waals surface area contributed by atoms with Crippen molar-refractivity contribution in [1.29, 1.82) is 0 Å². The molecule has 130 valence electrons. The van der Waals surface area contributed by atoms with E-state index in [1.807, 2.05) is 48.5 Å². The number of thiophene rings is 1. The fourth-order valence-corrected chi connectivity index (χ4v) is 3.46. The summed E-state index contributed by atoms with van der Waals surface area (Å²) in [6.45, 7) is 2.50. The molecule has 1 heterocycles. The van der Waals surface area contributed by atoms with Crippen LogP contribution in [-0.4, -0.2) is 29.3 Å². The lowest BCUT2D eigenvalue weighted by Gasteiger charge is -2.25. The van der Waals surface area contributed by atoms with Gasteiger partial charge in [-0.1, -0.05) is 54.6 Å². The van der Waals surface area contributed by atoms with E-state index in [1.165, 1.54) is 10.4 Å². The van der Waals surface area contributed by atoms with Gasteiger partial charge >= 0.3 is 0 Å². The van der Waals surface area contributed by atoms with Crippen LogP contribution < -0.4 is 4.74 Å². The van der Waals surface area contributed by atoms with Crippen molar-refractivity contribution in [1.82, 2.24) is 4.90 Å². The van der Waals surface area contributed by atoms with Crippen molar-refractivity contribution in [3.8, 4) is 5.75 Å². The van der Waals surface area contributed by atoms with Crippen molar-refractivity contribution >= 4 is 11.3 Å². The third-order valence-electron chi connectivity index (χ3n) is 3.86. The van der Waals surface area contributed by atoms with Crippen molar-refractivity contribution in [3.63, 3.8) is 0 Å². The number of nitrogens with zero attached hydrogens (tertiary/aromatic N) is 1. The van der Waals surface area contributed by atoms with Gasteiger partial charge in [0.1, 0.15) is 18.5 Å². The van der Waals surface area contributed by atoms with Crippen LogP contribution in [0.15, 0.2) is 78.2 Å². The van der Waals surface area contributed by atoms with E-state index in [-0.39, 0.29) is 0 Å². The number of benzene rings is 2. The largest absolute Gasteiger partial charge is 0.491 e. The van der Waals surface area contributed by atoms with Crippen LogP contribution in [0.25, 0.3) is 0 Å². The van der Waals surface area contributed by atoms with Gasteiger partial charge in [0.25, 0.3) is 0 Å². The molecule has 3 nitrogen and oxygen atoms in total. The number of aliphatic hydroxyl groups excluding tert-OH is 1. The highest BCUT2D eigenvalue weighted by atomic mass is 32.1. The van der Waals surface area contributed by atoms with Crippen LogP contribution >= 0.6 is 11.3 Å². The Labute approximate surface area is 153 Å². The molecule has 0 bridgehead atoms. The highest BCUT2D eigenvalue weighted by Gasteiger charge is 2.14. The van der Waals surface area contributed by atoms with E-state index in [4.69, 9.17) is 4.74 Å². The number of ether oxygens (including phenoxy) is 1. The molecule has 0 aliphatic carbocycles. The molecule has 3 aromatic rings. The first-order valence-electron chi connectivity index (χ1n) is 8.44.